The van der Waals surface area contributed by atoms with Gasteiger partial charge in [-0.3, -0.25) is 9.89 Å². The van der Waals surface area contributed by atoms with E-state index >= 15 is 0 Å². The number of hydrogen-bond donors (Lipinski definition) is 2. The fourth-order valence-electron chi connectivity index (χ4n) is 4.10. The third kappa shape index (κ3) is 2.80. The van der Waals surface area contributed by atoms with Crippen LogP contribution in [0.1, 0.15) is 42.7 Å². The fraction of sp³-hybridized carbons (Fsp3) is 0.227. The highest BCUT2D eigenvalue weighted by Gasteiger charge is 2.40. The summed E-state index contributed by atoms with van der Waals surface area (Å²) >= 11 is 0. The monoisotopic (exact) mass is 399 g/mol. The molecule has 0 bridgehead atoms. The summed E-state index contributed by atoms with van der Waals surface area (Å²) in [6.07, 6.45) is 3.23. The Kier molecular flexibility index (Phi) is 4.02. The molecule has 1 aliphatic heterocycles. The summed E-state index contributed by atoms with van der Waals surface area (Å²) in [5.41, 5.74) is 3.56. The standard InChI is InChI=1S/C22H21N7O/c1-13(14-7-5-4-6-8-14)29-20-15(21(30)26-22(29,2)3)9-10-16(25-20)17-18-19(28-27-17)24-12-11-23-18/h4-13H,1-3H3,(H,26,30)(H,24,27,28)/t13-/m1/s1. The van der Waals surface area contributed by atoms with Crippen molar-refractivity contribution in [3.63, 3.8) is 0 Å². The molecule has 0 fully saturated rings. The molecule has 3 aromatic heterocycles. The van der Waals surface area contributed by atoms with Gasteiger partial charge in [0.1, 0.15) is 22.7 Å². The zero-order valence-electron chi connectivity index (χ0n) is 16.9. The molecule has 1 amide bonds. The second-order valence-corrected chi connectivity index (χ2v) is 7.86. The normalized spacial score (nSPS) is 16.2. The Morgan fingerprint density at radius 3 is 2.60 bits per heavy atom. The maximum absolute atomic E-state index is 12.8. The van der Waals surface area contributed by atoms with Crippen molar-refractivity contribution in [2.75, 3.05) is 4.90 Å². The minimum absolute atomic E-state index is 0.0124. The molecule has 0 saturated heterocycles. The number of rotatable bonds is 3. The van der Waals surface area contributed by atoms with E-state index in [4.69, 9.17) is 4.98 Å². The SMILES string of the molecule is C[C@H](c1ccccc1)N1c2nc(-c3[nH]nc4nccnc34)ccc2C(=O)NC1(C)C. The first kappa shape index (κ1) is 18.2. The van der Waals surface area contributed by atoms with Crippen LogP contribution >= 0.6 is 0 Å². The van der Waals surface area contributed by atoms with Crippen LogP contribution in [0.3, 0.4) is 0 Å². The molecular weight excluding hydrogens is 378 g/mol. The zero-order valence-corrected chi connectivity index (χ0v) is 16.9. The number of benzene rings is 1. The highest BCUT2D eigenvalue weighted by Crippen LogP contribution is 2.38. The van der Waals surface area contributed by atoms with Crippen LogP contribution in [0.25, 0.3) is 22.6 Å². The maximum Gasteiger partial charge on any atom is 0.256 e. The number of nitrogens with one attached hydrogen (secondary N) is 2. The first-order chi connectivity index (χ1) is 14.5. The second kappa shape index (κ2) is 6.62. The second-order valence-electron chi connectivity index (χ2n) is 7.86. The summed E-state index contributed by atoms with van der Waals surface area (Å²) in [5.74, 6) is 0.490. The van der Waals surface area contributed by atoms with Gasteiger partial charge in [0.05, 0.1) is 17.3 Å². The van der Waals surface area contributed by atoms with Gasteiger partial charge in [0, 0.05) is 12.4 Å². The van der Waals surface area contributed by atoms with Crippen molar-refractivity contribution in [2.24, 2.45) is 0 Å². The lowest BCUT2D eigenvalue weighted by Crippen LogP contribution is -2.61. The molecule has 0 aliphatic carbocycles. The summed E-state index contributed by atoms with van der Waals surface area (Å²) in [4.78, 5) is 28.5. The number of nitrogens with zero attached hydrogens (tertiary/aromatic N) is 5. The van der Waals surface area contributed by atoms with Gasteiger partial charge in [-0.05, 0) is 38.5 Å². The number of anilines is 1. The molecule has 4 aromatic rings. The van der Waals surface area contributed by atoms with Crippen LogP contribution in [0.4, 0.5) is 5.82 Å². The molecule has 150 valence electrons. The molecule has 5 rings (SSSR count). The highest BCUT2D eigenvalue weighted by molar-refractivity contribution is 6.02. The van der Waals surface area contributed by atoms with Crippen molar-refractivity contribution >= 4 is 22.9 Å². The van der Waals surface area contributed by atoms with E-state index in [0.717, 1.165) is 5.56 Å². The van der Waals surface area contributed by atoms with Crippen LogP contribution < -0.4 is 10.2 Å². The number of aromatic amines is 1. The third-order valence-electron chi connectivity index (χ3n) is 5.48. The molecule has 30 heavy (non-hydrogen) atoms. The summed E-state index contributed by atoms with van der Waals surface area (Å²) < 4.78 is 0. The molecule has 8 nitrogen and oxygen atoms in total. The highest BCUT2D eigenvalue weighted by atomic mass is 16.2. The topological polar surface area (TPSA) is 99.7 Å². The van der Waals surface area contributed by atoms with Crippen LogP contribution in [0.15, 0.2) is 54.9 Å². The number of hydrogen-bond acceptors (Lipinski definition) is 6. The summed E-state index contributed by atoms with van der Waals surface area (Å²) in [7, 11) is 0. The van der Waals surface area contributed by atoms with Crippen molar-refractivity contribution in [1.29, 1.82) is 0 Å². The van der Waals surface area contributed by atoms with Crippen molar-refractivity contribution in [1.82, 2.24) is 30.5 Å². The molecular formula is C22H21N7O. The van der Waals surface area contributed by atoms with Crippen LogP contribution in [0.2, 0.25) is 0 Å². The van der Waals surface area contributed by atoms with E-state index in [1.165, 1.54) is 0 Å². The van der Waals surface area contributed by atoms with Gasteiger partial charge < -0.3 is 10.2 Å². The van der Waals surface area contributed by atoms with Crippen LogP contribution in [-0.4, -0.2) is 36.7 Å². The fourth-order valence-corrected chi connectivity index (χ4v) is 4.10. The molecule has 8 heteroatoms. The molecule has 0 saturated carbocycles. The Bertz CT molecular complexity index is 1250. The smallest absolute Gasteiger partial charge is 0.256 e. The molecule has 1 aliphatic rings. The van der Waals surface area contributed by atoms with E-state index in [1.54, 1.807) is 18.5 Å². The van der Waals surface area contributed by atoms with E-state index < -0.39 is 5.66 Å². The van der Waals surface area contributed by atoms with Gasteiger partial charge in [-0.15, -0.1) is 0 Å². The average molecular weight is 399 g/mol. The molecule has 1 atom stereocenters. The molecule has 0 spiro atoms. The van der Waals surface area contributed by atoms with E-state index in [-0.39, 0.29) is 11.9 Å². The van der Waals surface area contributed by atoms with Gasteiger partial charge in [0.2, 0.25) is 0 Å². The summed E-state index contributed by atoms with van der Waals surface area (Å²) in [5, 5.41) is 10.3. The molecule has 4 heterocycles. The number of carbonyl (C=O) groups is 1. The number of fused-ring (bicyclic) bond motifs is 2. The Labute approximate surface area is 173 Å². The summed E-state index contributed by atoms with van der Waals surface area (Å²) in [6.45, 7) is 6.08. The minimum atomic E-state index is -0.624. The van der Waals surface area contributed by atoms with E-state index in [0.29, 0.717) is 33.9 Å². The van der Waals surface area contributed by atoms with Gasteiger partial charge in [-0.2, -0.15) is 5.10 Å². The van der Waals surface area contributed by atoms with Gasteiger partial charge >= 0.3 is 0 Å². The quantitative estimate of drug-likeness (QED) is 0.547. The number of H-pyrrole nitrogens is 1. The van der Waals surface area contributed by atoms with E-state index in [9.17, 15) is 4.79 Å². The summed E-state index contributed by atoms with van der Waals surface area (Å²) in [6, 6.07) is 13.8. The van der Waals surface area contributed by atoms with Gasteiger partial charge in [0.25, 0.3) is 5.91 Å². The van der Waals surface area contributed by atoms with E-state index in [1.807, 2.05) is 38.1 Å². The molecule has 1 aromatic carbocycles. The zero-order chi connectivity index (χ0) is 20.9. The van der Waals surface area contributed by atoms with Gasteiger partial charge in [-0.25, -0.2) is 15.0 Å². The lowest BCUT2D eigenvalue weighted by molar-refractivity contribution is 0.0892. The first-order valence-corrected chi connectivity index (χ1v) is 9.79. The number of aromatic nitrogens is 5. The Morgan fingerprint density at radius 2 is 1.80 bits per heavy atom. The Morgan fingerprint density at radius 1 is 1.03 bits per heavy atom. The predicted octanol–water partition coefficient (Wildman–Crippen LogP) is 3.46. The lowest BCUT2D eigenvalue weighted by atomic mass is 9.98. The minimum Gasteiger partial charge on any atom is -0.330 e. The van der Waals surface area contributed by atoms with E-state index in [2.05, 4.69) is 49.4 Å². The van der Waals surface area contributed by atoms with Crippen LogP contribution in [0.5, 0.6) is 0 Å². The van der Waals surface area contributed by atoms with Crippen molar-refractivity contribution in [3.8, 4) is 11.4 Å². The third-order valence-corrected chi connectivity index (χ3v) is 5.48. The van der Waals surface area contributed by atoms with Crippen molar-refractivity contribution in [3.05, 3.63) is 66.0 Å². The Balaban J connectivity index is 1.68. The largest absolute Gasteiger partial charge is 0.330 e. The first-order valence-electron chi connectivity index (χ1n) is 9.79. The lowest BCUT2D eigenvalue weighted by Gasteiger charge is -2.47. The van der Waals surface area contributed by atoms with Gasteiger partial charge in [0.15, 0.2) is 5.65 Å². The van der Waals surface area contributed by atoms with Gasteiger partial charge in [-0.1, -0.05) is 30.3 Å². The number of carbonyl (C=O) groups excluding carboxylic acids is 1. The maximum atomic E-state index is 12.8. The number of pyridine rings is 1. The molecule has 0 radical (unpaired) electrons. The molecule has 0 unspecified atom stereocenters. The number of amides is 1. The van der Waals surface area contributed by atoms with Crippen molar-refractivity contribution < 1.29 is 4.79 Å². The predicted molar refractivity (Wildman–Crippen MR) is 114 cm³/mol. The molecule has 2 N–H and O–H groups in total. The van der Waals surface area contributed by atoms with Crippen molar-refractivity contribution in [2.45, 2.75) is 32.5 Å². The average Bonchev–Trinajstić information content (AvgIpc) is 3.17. The van der Waals surface area contributed by atoms with Crippen LogP contribution in [0, 0.1) is 0 Å². The Hall–Kier alpha value is -3.81. The van der Waals surface area contributed by atoms with Crippen LogP contribution in [-0.2, 0) is 0 Å².